The van der Waals surface area contributed by atoms with Crippen molar-refractivity contribution in [1.29, 1.82) is 0 Å². The SMILES string of the molecule is COc1cccc(-c2nc(NC[C@H]3CCCO3)nc3nn(-c4ccc(C(C)C)cc4)c(N)c23)c1. The molecule has 1 fully saturated rings. The standard InChI is InChI=1S/C26H30N6O2/c1-16(2)17-9-11-19(12-10-17)32-24(27)22-23(18-6-4-7-20(14-18)33-3)29-26(30-25(22)31-32)28-15-21-8-5-13-34-21/h4,6-7,9-12,14,16,21H,5,8,13,15,27H2,1-3H3,(H,28,30,31)/t21-/m1/s1. The number of fused-ring (bicyclic) bond motifs is 1. The number of rotatable bonds is 7. The van der Waals surface area contributed by atoms with Crippen LogP contribution in [-0.4, -0.2) is 46.1 Å². The molecule has 8 heteroatoms. The molecule has 0 spiro atoms. The molecule has 0 aliphatic carbocycles. The molecule has 8 nitrogen and oxygen atoms in total. The number of nitrogens with two attached hydrogens (primary N) is 1. The number of anilines is 2. The summed E-state index contributed by atoms with van der Waals surface area (Å²) in [6.45, 7) is 5.80. The Bertz CT molecular complexity index is 1290. The van der Waals surface area contributed by atoms with Crippen molar-refractivity contribution in [2.45, 2.75) is 38.7 Å². The third-order valence-corrected chi connectivity index (χ3v) is 6.23. The molecule has 0 unspecified atom stereocenters. The van der Waals surface area contributed by atoms with E-state index in [4.69, 9.17) is 30.3 Å². The van der Waals surface area contributed by atoms with E-state index in [1.54, 1.807) is 11.8 Å². The second-order valence-electron chi connectivity index (χ2n) is 8.89. The van der Waals surface area contributed by atoms with Gasteiger partial charge in [0.1, 0.15) is 11.6 Å². The molecule has 2 aromatic carbocycles. The molecule has 1 saturated heterocycles. The van der Waals surface area contributed by atoms with Crippen LogP contribution in [0.5, 0.6) is 5.75 Å². The Hall–Kier alpha value is -3.65. The Balaban J connectivity index is 1.61. The Morgan fingerprint density at radius 2 is 2.00 bits per heavy atom. The van der Waals surface area contributed by atoms with E-state index in [-0.39, 0.29) is 6.10 Å². The van der Waals surface area contributed by atoms with Gasteiger partial charge in [-0.1, -0.05) is 38.1 Å². The number of hydrogen-bond donors (Lipinski definition) is 2. The van der Waals surface area contributed by atoms with Gasteiger partial charge in [-0.05, 0) is 48.6 Å². The molecule has 0 saturated carbocycles. The summed E-state index contributed by atoms with van der Waals surface area (Å²) in [6, 6.07) is 16.1. The van der Waals surface area contributed by atoms with Crippen LogP contribution in [0.25, 0.3) is 28.0 Å². The third kappa shape index (κ3) is 4.28. The van der Waals surface area contributed by atoms with E-state index in [9.17, 15) is 0 Å². The van der Waals surface area contributed by atoms with E-state index in [2.05, 4.69) is 31.3 Å². The van der Waals surface area contributed by atoms with E-state index >= 15 is 0 Å². The van der Waals surface area contributed by atoms with Crippen molar-refractivity contribution < 1.29 is 9.47 Å². The minimum atomic E-state index is 0.168. The topological polar surface area (TPSA) is 100 Å². The summed E-state index contributed by atoms with van der Waals surface area (Å²) in [5.41, 5.74) is 10.9. The number of methoxy groups -OCH3 is 1. The minimum Gasteiger partial charge on any atom is -0.497 e. The van der Waals surface area contributed by atoms with Crippen LogP contribution in [0.2, 0.25) is 0 Å². The molecule has 3 N–H and O–H groups in total. The number of ether oxygens (including phenoxy) is 2. The number of nitrogen functional groups attached to an aromatic ring is 1. The molecule has 1 aliphatic rings. The first-order valence-electron chi connectivity index (χ1n) is 11.7. The first kappa shape index (κ1) is 22.2. The van der Waals surface area contributed by atoms with Crippen LogP contribution < -0.4 is 15.8 Å². The van der Waals surface area contributed by atoms with Crippen molar-refractivity contribution in [2.75, 3.05) is 31.3 Å². The van der Waals surface area contributed by atoms with E-state index < -0.39 is 0 Å². The summed E-state index contributed by atoms with van der Waals surface area (Å²) in [6.07, 6.45) is 2.28. The molecular weight excluding hydrogens is 428 g/mol. The van der Waals surface area contributed by atoms with Crippen LogP contribution in [-0.2, 0) is 4.74 Å². The molecule has 34 heavy (non-hydrogen) atoms. The van der Waals surface area contributed by atoms with Crippen LogP contribution >= 0.6 is 0 Å². The fourth-order valence-corrected chi connectivity index (χ4v) is 4.28. The maximum Gasteiger partial charge on any atom is 0.225 e. The number of hydrogen-bond acceptors (Lipinski definition) is 7. The predicted octanol–water partition coefficient (Wildman–Crippen LogP) is 4.79. The van der Waals surface area contributed by atoms with Crippen molar-refractivity contribution in [2.24, 2.45) is 0 Å². The second kappa shape index (κ2) is 9.30. The molecule has 0 bridgehead atoms. The average molecular weight is 459 g/mol. The van der Waals surface area contributed by atoms with E-state index in [0.717, 1.165) is 36.4 Å². The summed E-state index contributed by atoms with van der Waals surface area (Å²) < 4.78 is 12.9. The van der Waals surface area contributed by atoms with Crippen molar-refractivity contribution in [3.63, 3.8) is 0 Å². The molecule has 2 aromatic heterocycles. The Kier molecular flexibility index (Phi) is 6.06. The zero-order valence-electron chi connectivity index (χ0n) is 19.8. The summed E-state index contributed by atoms with van der Waals surface area (Å²) in [5, 5.41) is 8.81. The predicted molar refractivity (Wildman–Crippen MR) is 135 cm³/mol. The third-order valence-electron chi connectivity index (χ3n) is 6.23. The van der Waals surface area contributed by atoms with Crippen LogP contribution in [0.4, 0.5) is 11.8 Å². The van der Waals surface area contributed by atoms with Gasteiger partial charge in [-0.2, -0.15) is 4.98 Å². The van der Waals surface area contributed by atoms with Crippen LogP contribution in [0.15, 0.2) is 48.5 Å². The highest BCUT2D eigenvalue weighted by Crippen LogP contribution is 2.34. The van der Waals surface area contributed by atoms with Gasteiger partial charge in [-0.15, -0.1) is 5.10 Å². The van der Waals surface area contributed by atoms with Crippen molar-refractivity contribution in [3.05, 3.63) is 54.1 Å². The van der Waals surface area contributed by atoms with Gasteiger partial charge in [-0.25, -0.2) is 9.67 Å². The Morgan fingerprint density at radius 1 is 1.18 bits per heavy atom. The van der Waals surface area contributed by atoms with E-state index in [0.29, 0.717) is 41.0 Å². The van der Waals surface area contributed by atoms with Gasteiger partial charge >= 0.3 is 0 Å². The zero-order valence-corrected chi connectivity index (χ0v) is 19.8. The highest BCUT2D eigenvalue weighted by atomic mass is 16.5. The van der Waals surface area contributed by atoms with Crippen molar-refractivity contribution >= 4 is 22.8 Å². The molecular formula is C26H30N6O2. The van der Waals surface area contributed by atoms with Crippen LogP contribution in [0, 0.1) is 0 Å². The lowest BCUT2D eigenvalue weighted by Gasteiger charge is -2.12. The maximum atomic E-state index is 6.65. The maximum absolute atomic E-state index is 6.65. The highest BCUT2D eigenvalue weighted by molar-refractivity contribution is 5.99. The lowest BCUT2D eigenvalue weighted by atomic mass is 10.0. The monoisotopic (exact) mass is 458 g/mol. The lowest BCUT2D eigenvalue weighted by Crippen LogP contribution is -2.19. The van der Waals surface area contributed by atoms with Gasteiger partial charge in [0.2, 0.25) is 5.95 Å². The molecule has 1 aliphatic heterocycles. The Labute approximate surface area is 199 Å². The normalized spacial score (nSPS) is 15.8. The highest BCUT2D eigenvalue weighted by Gasteiger charge is 2.21. The number of nitrogens with zero attached hydrogens (tertiary/aromatic N) is 4. The largest absolute Gasteiger partial charge is 0.497 e. The van der Waals surface area contributed by atoms with Gasteiger partial charge in [0.05, 0.1) is 30.0 Å². The molecule has 0 radical (unpaired) electrons. The zero-order chi connectivity index (χ0) is 23.7. The number of nitrogens with one attached hydrogen (secondary N) is 1. The molecule has 4 aromatic rings. The van der Waals surface area contributed by atoms with Gasteiger partial charge in [0, 0.05) is 18.7 Å². The fraction of sp³-hybridized carbons (Fsp3) is 0.346. The van der Waals surface area contributed by atoms with Gasteiger partial charge in [0.25, 0.3) is 0 Å². The van der Waals surface area contributed by atoms with Gasteiger partial charge < -0.3 is 20.5 Å². The molecule has 3 heterocycles. The summed E-state index contributed by atoms with van der Waals surface area (Å²) in [5.74, 6) is 2.19. The summed E-state index contributed by atoms with van der Waals surface area (Å²) in [7, 11) is 1.65. The minimum absolute atomic E-state index is 0.168. The molecule has 0 amide bonds. The number of benzene rings is 2. The fourth-order valence-electron chi connectivity index (χ4n) is 4.28. The van der Waals surface area contributed by atoms with Crippen LogP contribution in [0.1, 0.15) is 38.2 Å². The summed E-state index contributed by atoms with van der Waals surface area (Å²) in [4.78, 5) is 9.54. The quantitative estimate of drug-likeness (QED) is 0.411. The molecule has 1 atom stereocenters. The van der Waals surface area contributed by atoms with Crippen molar-refractivity contribution in [3.8, 4) is 22.7 Å². The van der Waals surface area contributed by atoms with E-state index in [1.165, 1.54) is 5.56 Å². The van der Waals surface area contributed by atoms with Crippen molar-refractivity contribution in [1.82, 2.24) is 19.7 Å². The molecule has 176 valence electrons. The molecule has 5 rings (SSSR count). The lowest BCUT2D eigenvalue weighted by molar-refractivity contribution is 0.120. The smallest absolute Gasteiger partial charge is 0.225 e. The van der Waals surface area contributed by atoms with Gasteiger partial charge in [-0.3, -0.25) is 0 Å². The van der Waals surface area contributed by atoms with Gasteiger partial charge in [0.15, 0.2) is 5.65 Å². The average Bonchev–Trinajstić information content (AvgIpc) is 3.50. The first-order chi connectivity index (χ1) is 16.5. The summed E-state index contributed by atoms with van der Waals surface area (Å²) >= 11 is 0. The number of aromatic nitrogens is 4. The van der Waals surface area contributed by atoms with Crippen LogP contribution in [0.3, 0.4) is 0 Å². The second-order valence-corrected chi connectivity index (χ2v) is 8.89. The Morgan fingerprint density at radius 3 is 2.71 bits per heavy atom. The first-order valence-corrected chi connectivity index (χ1v) is 11.7. The van der Waals surface area contributed by atoms with E-state index in [1.807, 2.05) is 36.4 Å².